The van der Waals surface area contributed by atoms with Crippen LogP contribution in [0.5, 0.6) is 0 Å². The molecule has 0 aliphatic rings. The van der Waals surface area contributed by atoms with Gasteiger partial charge in [-0.3, -0.25) is 14.3 Å². The lowest BCUT2D eigenvalue weighted by Crippen LogP contribution is -2.14. The van der Waals surface area contributed by atoms with Crippen molar-refractivity contribution in [2.75, 3.05) is 0 Å². The van der Waals surface area contributed by atoms with Crippen LogP contribution in [0, 0.1) is 0 Å². The van der Waals surface area contributed by atoms with Crippen LogP contribution >= 0.6 is 0 Å². The Morgan fingerprint density at radius 1 is 1.38 bits per heavy atom. The van der Waals surface area contributed by atoms with Gasteiger partial charge in [-0.25, -0.2) is 0 Å². The van der Waals surface area contributed by atoms with Crippen LogP contribution in [0.3, 0.4) is 0 Å². The SMILES string of the molecule is O=C(O)CCn1ncc(=O)c2ccccc21. The Labute approximate surface area is 90.9 Å². The number of carbonyl (C=O) groups is 1. The van der Waals surface area contributed by atoms with Gasteiger partial charge in [-0.05, 0) is 12.1 Å². The molecule has 0 radical (unpaired) electrons. The van der Waals surface area contributed by atoms with Crippen LogP contribution in [-0.4, -0.2) is 20.9 Å². The smallest absolute Gasteiger partial charge is 0.305 e. The molecular weight excluding hydrogens is 208 g/mol. The summed E-state index contributed by atoms with van der Waals surface area (Å²) in [5, 5.41) is 13.1. The summed E-state index contributed by atoms with van der Waals surface area (Å²) >= 11 is 0. The first-order valence-electron chi connectivity index (χ1n) is 4.85. The van der Waals surface area contributed by atoms with Gasteiger partial charge in [-0.1, -0.05) is 12.1 Å². The summed E-state index contributed by atoms with van der Waals surface area (Å²) in [6.07, 6.45) is 1.20. The van der Waals surface area contributed by atoms with Crippen molar-refractivity contribution < 1.29 is 9.90 Å². The number of aryl methyl sites for hydroxylation is 1. The van der Waals surface area contributed by atoms with E-state index in [9.17, 15) is 9.59 Å². The highest BCUT2D eigenvalue weighted by molar-refractivity contribution is 5.78. The second kappa shape index (κ2) is 4.14. The summed E-state index contributed by atoms with van der Waals surface area (Å²) in [7, 11) is 0. The number of hydrogen-bond acceptors (Lipinski definition) is 3. The highest BCUT2D eigenvalue weighted by Crippen LogP contribution is 2.08. The van der Waals surface area contributed by atoms with Crippen LogP contribution < -0.4 is 5.43 Å². The maximum Gasteiger partial charge on any atom is 0.305 e. The van der Waals surface area contributed by atoms with E-state index >= 15 is 0 Å². The second-order valence-corrected chi connectivity index (χ2v) is 3.39. The summed E-state index contributed by atoms with van der Waals surface area (Å²) in [4.78, 5) is 21.9. The molecule has 0 unspecified atom stereocenters. The Hall–Kier alpha value is -2.17. The van der Waals surface area contributed by atoms with Crippen LogP contribution in [0.2, 0.25) is 0 Å². The number of carboxylic acids is 1. The minimum Gasteiger partial charge on any atom is -0.481 e. The first-order valence-corrected chi connectivity index (χ1v) is 4.85. The third kappa shape index (κ3) is 1.93. The van der Waals surface area contributed by atoms with Gasteiger partial charge in [-0.15, -0.1) is 0 Å². The van der Waals surface area contributed by atoms with E-state index in [1.54, 1.807) is 24.3 Å². The van der Waals surface area contributed by atoms with Crippen LogP contribution in [0.15, 0.2) is 35.3 Å². The predicted molar refractivity (Wildman–Crippen MR) is 58.3 cm³/mol. The number of rotatable bonds is 3. The molecule has 1 aromatic carbocycles. The predicted octanol–water partition coefficient (Wildman–Crippen LogP) is 0.871. The molecule has 0 amide bonds. The van der Waals surface area contributed by atoms with Crippen LogP contribution in [0.4, 0.5) is 0 Å². The van der Waals surface area contributed by atoms with E-state index in [4.69, 9.17) is 5.11 Å². The molecule has 0 spiro atoms. The zero-order valence-corrected chi connectivity index (χ0v) is 8.46. The van der Waals surface area contributed by atoms with Crippen LogP contribution in [0.1, 0.15) is 6.42 Å². The quantitative estimate of drug-likeness (QED) is 0.829. The van der Waals surface area contributed by atoms with E-state index in [0.717, 1.165) is 0 Å². The van der Waals surface area contributed by atoms with Crippen molar-refractivity contribution in [3.05, 3.63) is 40.7 Å². The number of nitrogens with zero attached hydrogens (tertiary/aromatic N) is 2. The van der Waals surface area contributed by atoms with Gasteiger partial charge in [0.15, 0.2) is 0 Å². The van der Waals surface area contributed by atoms with Gasteiger partial charge in [0.2, 0.25) is 5.43 Å². The lowest BCUT2D eigenvalue weighted by Gasteiger charge is -2.06. The first-order chi connectivity index (χ1) is 7.68. The first kappa shape index (κ1) is 10.4. The lowest BCUT2D eigenvalue weighted by molar-refractivity contribution is -0.137. The Bertz CT molecular complexity index is 589. The Kier molecular flexibility index (Phi) is 2.68. The molecule has 2 aromatic rings. The molecule has 0 atom stereocenters. The second-order valence-electron chi connectivity index (χ2n) is 3.39. The van der Waals surface area contributed by atoms with E-state index in [1.807, 2.05) is 0 Å². The molecule has 0 aliphatic heterocycles. The molecule has 1 aromatic heterocycles. The van der Waals surface area contributed by atoms with E-state index in [-0.39, 0.29) is 18.4 Å². The zero-order chi connectivity index (χ0) is 11.5. The topological polar surface area (TPSA) is 72.2 Å². The van der Waals surface area contributed by atoms with Gasteiger partial charge in [0.1, 0.15) is 0 Å². The molecule has 0 aliphatic carbocycles. The van der Waals surface area contributed by atoms with Crippen molar-refractivity contribution in [1.82, 2.24) is 9.78 Å². The van der Waals surface area contributed by atoms with Crippen LogP contribution in [0.25, 0.3) is 10.9 Å². The molecule has 16 heavy (non-hydrogen) atoms. The molecule has 0 fully saturated rings. The lowest BCUT2D eigenvalue weighted by atomic mass is 10.2. The summed E-state index contributed by atoms with van der Waals surface area (Å²) in [6.45, 7) is 0.260. The Morgan fingerprint density at radius 3 is 2.88 bits per heavy atom. The normalized spacial score (nSPS) is 10.5. The Balaban J connectivity index is 2.50. The fraction of sp³-hybridized carbons (Fsp3) is 0.182. The number of benzene rings is 1. The zero-order valence-electron chi connectivity index (χ0n) is 8.46. The number of aromatic nitrogens is 2. The van der Waals surface area contributed by atoms with Crippen molar-refractivity contribution in [2.24, 2.45) is 0 Å². The van der Waals surface area contributed by atoms with Crippen molar-refractivity contribution in [3.8, 4) is 0 Å². The largest absolute Gasteiger partial charge is 0.481 e. The van der Waals surface area contributed by atoms with Gasteiger partial charge in [-0.2, -0.15) is 5.10 Å². The van der Waals surface area contributed by atoms with E-state index in [1.165, 1.54) is 10.9 Å². The molecular formula is C11H10N2O3. The van der Waals surface area contributed by atoms with Crippen molar-refractivity contribution in [1.29, 1.82) is 0 Å². The number of hydrogen-bond donors (Lipinski definition) is 1. The third-order valence-electron chi connectivity index (χ3n) is 2.30. The van der Waals surface area contributed by atoms with E-state index in [2.05, 4.69) is 5.10 Å². The van der Waals surface area contributed by atoms with Gasteiger partial charge >= 0.3 is 5.97 Å². The average molecular weight is 218 g/mol. The molecule has 0 bridgehead atoms. The number of aliphatic carboxylic acids is 1. The van der Waals surface area contributed by atoms with Crippen molar-refractivity contribution in [3.63, 3.8) is 0 Å². The number of para-hydroxylation sites is 1. The molecule has 1 heterocycles. The highest BCUT2D eigenvalue weighted by atomic mass is 16.4. The van der Waals surface area contributed by atoms with Gasteiger partial charge < -0.3 is 5.11 Å². The van der Waals surface area contributed by atoms with Crippen LogP contribution in [-0.2, 0) is 11.3 Å². The van der Waals surface area contributed by atoms with Gasteiger partial charge in [0.25, 0.3) is 0 Å². The molecule has 2 rings (SSSR count). The molecule has 0 saturated heterocycles. The van der Waals surface area contributed by atoms with E-state index in [0.29, 0.717) is 10.9 Å². The van der Waals surface area contributed by atoms with Crippen molar-refractivity contribution in [2.45, 2.75) is 13.0 Å². The fourth-order valence-corrected chi connectivity index (χ4v) is 1.54. The summed E-state index contributed by atoms with van der Waals surface area (Å²) in [5.41, 5.74) is 0.512. The highest BCUT2D eigenvalue weighted by Gasteiger charge is 2.04. The minimum absolute atomic E-state index is 0.0140. The molecule has 0 saturated carbocycles. The number of fused-ring (bicyclic) bond motifs is 1. The average Bonchev–Trinajstić information content (AvgIpc) is 2.28. The minimum atomic E-state index is -0.885. The standard InChI is InChI=1S/C11H10N2O3/c14-10-7-12-13(6-5-11(15)16)9-4-2-1-3-8(9)10/h1-4,7H,5-6H2,(H,15,16). The van der Waals surface area contributed by atoms with Crippen molar-refractivity contribution >= 4 is 16.9 Å². The molecule has 82 valence electrons. The molecule has 1 N–H and O–H groups in total. The van der Waals surface area contributed by atoms with Gasteiger partial charge in [0, 0.05) is 5.39 Å². The summed E-state index contributed by atoms with van der Waals surface area (Å²) in [5.74, 6) is -0.885. The third-order valence-corrected chi connectivity index (χ3v) is 2.30. The maximum atomic E-state index is 11.5. The summed E-state index contributed by atoms with van der Waals surface area (Å²) in [6, 6.07) is 7.02. The fourth-order valence-electron chi connectivity index (χ4n) is 1.54. The van der Waals surface area contributed by atoms with Gasteiger partial charge in [0.05, 0.1) is 24.7 Å². The summed E-state index contributed by atoms with van der Waals surface area (Å²) < 4.78 is 1.53. The maximum absolute atomic E-state index is 11.5. The monoisotopic (exact) mass is 218 g/mol. The number of carboxylic acid groups (broad SMARTS) is 1. The molecule has 5 nitrogen and oxygen atoms in total. The Morgan fingerprint density at radius 2 is 2.12 bits per heavy atom. The van der Waals surface area contributed by atoms with E-state index < -0.39 is 5.97 Å². The molecule has 5 heteroatoms.